The molecule has 0 aliphatic heterocycles. The van der Waals surface area contributed by atoms with E-state index in [4.69, 9.17) is 20.7 Å². The Labute approximate surface area is 54.3 Å². The van der Waals surface area contributed by atoms with Gasteiger partial charge in [0.15, 0.2) is 0 Å². The summed E-state index contributed by atoms with van der Waals surface area (Å²) >= 11 is 0. The summed E-state index contributed by atoms with van der Waals surface area (Å²) in [7, 11) is 0. The average molecular weight is 135 g/mol. The maximum absolute atomic E-state index is 9.00. The minimum Gasteiger partial charge on any atom is -0.481 e. The molecule has 0 spiro atoms. The molecule has 0 saturated heterocycles. The molecule has 4 N–H and O–H groups in total. The van der Waals surface area contributed by atoms with E-state index in [1.165, 1.54) is 0 Å². The third-order valence-electron chi connectivity index (χ3n) is 0.341. The summed E-state index contributed by atoms with van der Waals surface area (Å²) in [6, 6.07) is 0. The molecule has 4 heteroatoms. The van der Waals surface area contributed by atoms with Crippen molar-refractivity contribution in [3.05, 3.63) is 0 Å². The van der Waals surface area contributed by atoms with Crippen molar-refractivity contribution in [2.75, 3.05) is 6.54 Å². The Hall–Kier alpha value is -0.610. The fourth-order valence-corrected chi connectivity index (χ4v) is 0. The van der Waals surface area contributed by atoms with Crippen LogP contribution in [0.15, 0.2) is 0 Å². The standard InChI is InChI=1S/C3H9NO.C2H4O2/c1-3(5)2-4;1-2(3)4/h3,5H,2,4H2,1H3;1H3,(H,3,4). The molecule has 0 saturated carbocycles. The van der Waals surface area contributed by atoms with Gasteiger partial charge < -0.3 is 15.9 Å². The second-order valence-corrected chi connectivity index (χ2v) is 1.60. The van der Waals surface area contributed by atoms with E-state index in [9.17, 15) is 0 Å². The first-order chi connectivity index (χ1) is 4.00. The Bertz CT molecular complexity index is 68.6. The highest BCUT2D eigenvalue weighted by atomic mass is 16.4. The van der Waals surface area contributed by atoms with Crippen LogP contribution in [0.1, 0.15) is 13.8 Å². The lowest BCUT2D eigenvalue weighted by Gasteiger charge is -1.91. The van der Waals surface area contributed by atoms with E-state index in [1.54, 1.807) is 6.92 Å². The fourth-order valence-electron chi connectivity index (χ4n) is 0. The van der Waals surface area contributed by atoms with Gasteiger partial charge in [-0.15, -0.1) is 0 Å². The molecule has 0 amide bonds. The van der Waals surface area contributed by atoms with Crippen molar-refractivity contribution in [1.29, 1.82) is 0 Å². The third-order valence-corrected chi connectivity index (χ3v) is 0.341. The number of carbonyl (C=O) groups is 1. The van der Waals surface area contributed by atoms with Crippen molar-refractivity contribution in [3.63, 3.8) is 0 Å². The van der Waals surface area contributed by atoms with Crippen molar-refractivity contribution in [2.24, 2.45) is 5.73 Å². The monoisotopic (exact) mass is 135 g/mol. The second-order valence-electron chi connectivity index (χ2n) is 1.60. The number of carboxylic acid groups (broad SMARTS) is 1. The van der Waals surface area contributed by atoms with Gasteiger partial charge in [0.05, 0.1) is 6.10 Å². The smallest absolute Gasteiger partial charge is 0.300 e. The van der Waals surface area contributed by atoms with E-state index in [0.29, 0.717) is 6.54 Å². The molecule has 56 valence electrons. The molecule has 1 atom stereocenters. The Kier molecular flexibility index (Phi) is 9.21. The summed E-state index contributed by atoms with van der Waals surface area (Å²) < 4.78 is 0. The number of aliphatic carboxylic acids is 1. The van der Waals surface area contributed by atoms with Crippen LogP contribution in [0.3, 0.4) is 0 Å². The van der Waals surface area contributed by atoms with Crippen molar-refractivity contribution in [1.82, 2.24) is 0 Å². The number of hydrogen-bond donors (Lipinski definition) is 3. The number of nitrogens with two attached hydrogens (primary N) is 1. The van der Waals surface area contributed by atoms with Gasteiger partial charge in [0, 0.05) is 13.5 Å². The summed E-state index contributed by atoms with van der Waals surface area (Å²) in [5, 5.41) is 15.7. The Balaban J connectivity index is 0. The summed E-state index contributed by atoms with van der Waals surface area (Å²) in [4.78, 5) is 9.00. The fraction of sp³-hybridized carbons (Fsp3) is 0.800. The first-order valence-electron chi connectivity index (χ1n) is 2.58. The largest absolute Gasteiger partial charge is 0.481 e. The van der Waals surface area contributed by atoms with Gasteiger partial charge in [0.2, 0.25) is 0 Å². The maximum Gasteiger partial charge on any atom is 0.300 e. The van der Waals surface area contributed by atoms with E-state index in [2.05, 4.69) is 0 Å². The van der Waals surface area contributed by atoms with Gasteiger partial charge in [-0.3, -0.25) is 4.79 Å². The van der Waals surface area contributed by atoms with Crippen LogP contribution in [0.25, 0.3) is 0 Å². The van der Waals surface area contributed by atoms with Crippen LogP contribution in [0, 0.1) is 0 Å². The molecule has 0 radical (unpaired) electrons. The van der Waals surface area contributed by atoms with Crippen LogP contribution in [-0.2, 0) is 4.79 Å². The van der Waals surface area contributed by atoms with Crippen molar-refractivity contribution < 1.29 is 15.0 Å². The topological polar surface area (TPSA) is 83.5 Å². The van der Waals surface area contributed by atoms with E-state index in [-0.39, 0.29) is 6.10 Å². The van der Waals surface area contributed by atoms with Gasteiger partial charge in [-0.1, -0.05) is 0 Å². The first kappa shape index (κ1) is 11.2. The molecule has 4 nitrogen and oxygen atoms in total. The summed E-state index contributed by atoms with van der Waals surface area (Å²) in [5.74, 6) is -0.833. The molecular formula is C5H13NO3. The Morgan fingerprint density at radius 3 is 1.89 bits per heavy atom. The number of rotatable bonds is 1. The predicted octanol–water partition coefficient (Wildman–Crippen LogP) is -0.583. The molecule has 0 aromatic heterocycles. The van der Waals surface area contributed by atoms with Crippen LogP contribution < -0.4 is 5.73 Å². The second kappa shape index (κ2) is 7.39. The van der Waals surface area contributed by atoms with Crippen molar-refractivity contribution in [2.45, 2.75) is 20.0 Å². The van der Waals surface area contributed by atoms with Gasteiger partial charge in [-0.2, -0.15) is 0 Å². The van der Waals surface area contributed by atoms with Crippen molar-refractivity contribution >= 4 is 5.97 Å². The average Bonchev–Trinajstić information content (AvgIpc) is 1.65. The molecule has 0 bridgehead atoms. The van der Waals surface area contributed by atoms with Gasteiger partial charge in [-0.05, 0) is 6.92 Å². The molecule has 0 aromatic carbocycles. The molecule has 0 aliphatic rings. The van der Waals surface area contributed by atoms with E-state index in [0.717, 1.165) is 6.92 Å². The minimum atomic E-state index is -0.833. The number of aliphatic hydroxyl groups is 1. The highest BCUT2D eigenvalue weighted by Crippen LogP contribution is 1.65. The summed E-state index contributed by atoms with van der Waals surface area (Å²) in [6.07, 6.45) is -0.338. The molecule has 1 unspecified atom stereocenters. The molecule has 0 fully saturated rings. The lowest BCUT2D eigenvalue weighted by atomic mass is 10.4. The lowest BCUT2D eigenvalue weighted by molar-refractivity contribution is -0.134. The molecule has 0 rings (SSSR count). The van der Waals surface area contributed by atoms with Gasteiger partial charge >= 0.3 is 0 Å². The SMILES string of the molecule is CC(=O)O.CC(O)CN. The molecule has 9 heavy (non-hydrogen) atoms. The van der Waals surface area contributed by atoms with Gasteiger partial charge in [0.1, 0.15) is 0 Å². The summed E-state index contributed by atoms with van der Waals surface area (Å²) in [5.41, 5.74) is 4.92. The zero-order valence-corrected chi connectivity index (χ0v) is 5.66. The zero-order valence-electron chi connectivity index (χ0n) is 5.66. The molecule has 0 heterocycles. The highest BCUT2D eigenvalue weighted by molar-refractivity contribution is 5.62. The molecular weight excluding hydrogens is 122 g/mol. The van der Waals surface area contributed by atoms with E-state index < -0.39 is 5.97 Å². The quantitative estimate of drug-likeness (QED) is 0.449. The van der Waals surface area contributed by atoms with Crippen LogP contribution >= 0.6 is 0 Å². The number of hydrogen-bond acceptors (Lipinski definition) is 3. The first-order valence-corrected chi connectivity index (χ1v) is 2.58. The predicted molar refractivity (Wildman–Crippen MR) is 34.0 cm³/mol. The third kappa shape index (κ3) is 111. The zero-order chi connectivity index (χ0) is 7.86. The minimum absolute atomic E-state index is 0.338. The van der Waals surface area contributed by atoms with Gasteiger partial charge in [0.25, 0.3) is 5.97 Å². The van der Waals surface area contributed by atoms with E-state index in [1.807, 2.05) is 0 Å². The van der Waals surface area contributed by atoms with Crippen LogP contribution in [0.2, 0.25) is 0 Å². The van der Waals surface area contributed by atoms with Crippen LogP contribution in [0.4, 0.5) is 0 Å². The molecule has 0 aromatic rings. The normalized spacial score (nSPS) is 11.1. The molecule has 0 aliphatic carbocycles. The number of aliphatic hydroxyl groups excluding tert-OH is 1. The Morgan fingerprint density at radius 1 is 1.78 bits per heavy atom. The highest BCUT2D eigenvalue weighted by Gasteiger charge is 1.81. The van der Waals surface area contributed by atoms with Crippen LogP contribution in [-0.4, -0.2) is 28.8 Å². The lowest BCUT2D eigenvalue weighted by Crippen LogP contribution is -2.14. The van der Waals surface area contributed by atoms with Crippen LogP contribution in [0.5, 0.6) is 0 Å². The Morgan fingerprint density at radius 2 is 1.89 bits per heavy atom. The summed E-state index contributed by atoms with van der Waals surface area (Å²) in [6.45, 7) is 3.10. The maximum atomic E-state index is 9.00. The van der Waals surface area contributed by atoms with Crippen molar-refractivity contribution in [3.8, 4) is 0 Å². The van der Waals surface area contributed by atoms with E-state index >= 15 is 0 Å². The van der Waals surface area contributed by atoms with Gasteiger partial charge in [-0.25, -0.2) is 0 Å². The number of carboxylic acids is 1.